The molecule has 3 heteroatoms. The molecule has 1 aromatic rings. The summed E-state index contributed by atoms with van der Waals surface area (Å²) in [5.41, 5.74) is 0. The predicted molar refractivity (Wildman–Crippen MR) is 68.6 cm³/mol. The zero-order chi connectivity index (χ0) is 11.8. The van der Waals surface area contributed by atoms with Gasteiger partial charge in [-0.25, -0.2) is 9.97 Å². The van der Waals surface area contributed by atoms with E-state index < -0.39 is 0 Å². The molecule has 1 fully saturated rings. The second kappa shape index (κ2) is 7.20. The number of piperidine rings is 1. The highest BCUT2D eigenvalue weighted by Crippen LogP contribution is 2.21. The Morgan fingerprint density at radius 2 is 1.75 bits per heavy atom. The van der Waals surface area contributed by atoms with Gasteiger partial charge in [-0.15, -0.1) is 0 Å². The number of nitrogens with zero attached hydrogens (tertiary/aromatic N) is 3. The monoisotopic (exact) mass is 221 g/mol. The molecule has 1 aliphatic heterocycles. The van der Waals surface area contributed by atoms with Crippen LogP contribution in [0.1, 0.15) is 40.0 Å². The molecule has 0 aliphatic carbocycles. The minimum Gasteiger partial charge on any atom is -0.341 e. The molecule has 1 aliphatic rings. The van der Waals surface area contributed by atoms with E-state index in [0.29, 0.717) is 0 Å². The third-order valence-corrected chi connectivity index (χ3v) is 3.03. The van der Waals surface area contributed by atoms with E-state index in [1.54, 1.807) is 0 Å². The normalized spacial score (nSPS) is 16.6. The first-order valence-electron chi connectivity index (χ1n) is 6.42. The Morgan fingerprint density at radius 1 is 1.19 bits per heavy atom. The van der Waals surface area contributed by atoms with Crippen molar-refractivity contribution in [2.45, 2.75) is 40.0 Å². The van der Waals surface area contributed by atoms with Crippen LogP contribution < -0.4 is 4.90 Å². The zero-order valence-electron chi connectivity index (χ0n) is 10.7. The Bertz CT molecular complexity index is 266. The van der Waals surface area contributed by atoms with Gasteiger partial charge in [-0.05, 0) is 24.8 Å². The van der Waals surface area contributed by atoms with Gasteiger partial charge in [0.05, 0.1) is 0 Å². The molecule has 1 aromatic heterocycles. The van der Waals surface area contributed by atoms with Crippen molar-refractivity contribution in [2.24, 2.45) is 5.92 Å². The van der Waals surface area contributed by atoms with E-state index in [1.165, 1.54) is 19.3 Å². The molecule has 0 bridgehead atoms. The largest absolute Gasteiger partial charge is 0.341 e. The molecule has 0 N–H and O–H groups in total. The van der Waals surface area contributed by atoms with Gasteiger partial charge < -0.3 is 4.90 Å². The van der Waals surface area contributed by atoms with E-state index in [0.717, 1.165) is 25.0 Å². The average molecular weight is 221 g/mol. The van der Waals surface area contributed by atoms with Gasteiger partial charge in [0, 0.05) is 25.5 Å². The average Bonchev–Trinajstić information content (AvgIpc) is 2.42. The van der Waals surface area contributed by atoms with Gasteiger partial charge >= 0.3 is 0 Å². The van der Waals surface area contributed by atoms with Crippen molar-refractivity contribution < 1.29 is 0 Å². The van der Waals surface area contributed by atoms with Gasteiger partial charge in [0.15, 0.2) is 0 Å². The van der Waals surface area contributed by atoms with E-state index in [2.05, 4.69) is 21.8 Å². The summed E-state index contributed by atoms with van der Waals surface area (Å²) >= 11 is 0. The first-order valence-corrected chi connectivity index (χ1v) is 6.42. The first kappa shape index (κ1) is 12.9. The Labute approximate surface area is 98.9 Å². The van der Waals surface area contributed by atoms with Crippen molar-refractivity contribution in [1.29, 1.82) is 0 Å². The van der Waals surface area contributed by atoms with Crippen LogP contribution in [-0.4, -0.2) is 23.1 Å². The Balaban J connectivity index is 0.000000606. The summed E-state index contributed by atoms with van der Waals surface area (Å²) in [5, 5.41) is 0. The molecule has 0 spiro atoms. The standard InChI is InChI=1S/C11H17N3.C2H6/c1-2-10-4-8-14(9-5-10)11-12-6-3-7-13-11;1-2/h3,6-7,10H,2,4-5,8-9H2,1H3;1-2H3. The molecule has 16 heavy (non-hydrogen) atoms. The van der Waals surface area contributed by atoms with Gasteiger partial charge in [-0.1, -0.05) is 27.2 Å². The molecule has 0 atom stereocenters. The lowest BCUT2D eigenvalue weighted by Crippen LogP contribution is -2.34. The summed E-state index contributed by atoms with van der Waals surface area (Å²) in [4.78, 5) is 10.8. The molecule has 90 valence electrons. The second-order valence-electron chi connectivity index (χ2n) is 3.89. The molecule has 1 saturated heterocycles. The highest BCUT2D eigenvalue weighted by Gasteiger charge is 2.18. The van der Waals surface area contributed by atoms with Crippen LogP contribution in [0, 0.1) is 5.92 Å². The van der Waals surface area contributed by atoms with Crippen molar-refractivity contribution in [1.82, 2.24) is 9.97 Å². The second-order valence-corrected chi connectivity index (χ2v) is 3.89. The fraction of sp³-hybridized carbons (Fsp3) is 0.692. The molecule has 0 amide bonds. The first-order chi connectivity index (χ1) is 7.90. The smallest absolute Gasteiger partial charge is 0.225 e. The number of anilines is 1. The molecule has 3 nitrogen and oxygen atoms in total. The van der Waals surface area contributed by atoms with Crippen molar-refractivity contribution in [3.05, 3.63) is 18.5 Å². The Hall–Kier alpha value is -1.12. The van der Waals surface area contributed by atoms with Crippen LogP contribution in [0.25, 0.3) is 0 Å². The molecular formula is C13H23N3. The topological polar surface area (TPSA) is 29.0 Å². The number of hydrogen-bond donors (Lipinski definition) is 0. The Morgan fingerprint density at radius 3 is 2.25 bits per heavy atom. The maximum atomic E-state index is 4.27. The van der Waals surface area contributed by atoms with Crippen LogP contribution in [-0.2, 0) is 0 Å². The fourth-order valence-corrected chi connectivity index (χ4v) is 2.00. The van der Waals surface area contributed by atoms with E-state index in [1.807, 2.05) is 32.3 Å². The SMILES string of the molecule is CC.CCC1CCN(c2ncccn2)CC1. The highest BCUT2D eigenvalue weighted by molar-refractivity contribution is 5.28. The van der Waals surface area contributed by atoms with Crippen molar-refractivity contribution in [3.8, 4) is 0 Å². The van der Waals surface area contributed by atoms with Gasteiger partial charge in [-0.2, -0.15) is 0 Å². The fourth-order valence-electron chi connectivity index (χ4n) is 2.00. The lowest BCUT2D eigenvalue weighted by Gasteiger charge is -2.31. The van der Waals surface area contributed by atoms with Crippen molar-refractivity contribution in [3.63, 3.8) is 0 Å². The minimum absolute atomic E-state index is 0.891. The minimum atomic E-state index is 0.891. The summed E-state index contributed by atoms with van der Waals surface area (Å²) in [6.45, 7) is 8.50. The summed E-state index contributed by atoms with van der Waals surface area (Å²) in [5.74, 6) is 1.80. The van der Waals surface area contributed by atoms with Crippen LogP contribution in [0.4, 0.5) is 5.95 Å². The molecule has 0 saturated carbocycles. The Kier molecular flexibility index (Phi) is 5.83. The van der Waals surface area contributed by atoms with E-state index in [9.17, 15) is 0 Å². The van der Waals surface area contributed by atoms with Crippen molar-refractivity contribution >= 4 is 5.95 Å². The summed E-state index contributed by atoms with van der Waals surface area (Å²) < 4.78 is 0. The number of aromatic nitrogens is 2. The van der Waals surface area contributed by atoms with Gasteiger partial charge in [0.25, 0.3) is 0 Å². The van der Waals surface area contributed by atoms with Crippen molar-refractivity contribution in [2.75, 3.05) is 18.0 Å². The van der Waals surface area contributed by atoms with Gasteiger partial charge in [-0.3, -0.25) is 0 Å². The highest BCUT2D eigenvalue weighted by atomic mass is 15.2. The lowest BCUT2D eigenvalue weighted by molar-refractivity contribution is 0.392. The van der Waals surface area contributed by atoms with E-state index in [-0.39, 0.29) is 0 Å². The number of rotatable bonds is 2. The lowest BCUT2D eigenvalue weighted by atomic mass is 9.95. The molecule has 2 heterocycles. The van der Waals surface area contributed by atoms with Crippen LogP contribution in [0.15, 0.2) is 18.5 Å². The van der Waals surface area contributed by atoms with E-state index >= 15 is 0 Å². The summed E-state index contributed by atoms with van der Waals surface area (Å²) in [6.07, 6.45) is 7.51. The third kappa shape index (κ3) is 3.47. The predicted octanol–water partition coefficient (Wildman–Crippen LogP) is 3.13. The number of hydrogen-bond acceptors (Lipinski definition) is 3. The van der Waals surface area contributed by atoms with Gasteiger partial charge in [0.2, 0.25) is 5.95 Å². The zero-order valence-corrected chi connectivity index (χ0v) is 10.7. The summed E-state index contributed by atoms with van der Waals surface area (Å²) in [6, 6.07) is 1.86. The van der Waals surface area contributed by atoms with Gasteiger partial charge in [0.1, 0.15) is 0 Å². The van der Waals surface area contributed by atoms with Crippen LogP contribution in [0.3, 0.4) is 0 Å². The van der Waals surface area contributed by atoms with Crippen LogP contribution in [0.2, 0.25) is 0 Å². The molecule has 0 aromatic carbocycles. The molecular weight excluding hydrogens is 198 g/mol. The molecule has 0 unspecified atom stereocenters. The summed E-state index contributed by atoms with van der Waals surface area (Å²) in [7, 11) is 0. The molecule has 0 radical (unpaired) electrons. The third-order valence-electron chi connectivity index (χ3n) is 3.03. The maximum Gasteiger partial charge on any atom is 0.225 e. The molecule has 2 rings (SSSR count). The quantitative estimate of drug-likeness (QED) is 0.768. The maximum absolute atomic E-state index is 4.27. The van der Waals surface area contributed by atoms with E-state index in [4.69, 9.17) is 0 Å². The van der Waals surface area contributed by atoms with Crippen LogP contribution >= 0.6 is 0 Å². The van der Waals surface area contributed by atoms with Crippen LogP contribution in [0.5, 0.6) is 0 Å².